The van der Waals surface area contributed by atoms with E-state index in [-0.39, 0.29) is 11.3 Å². The Labute approximate surface area is 166 Å². The summed E-state index contributed by atoms with van der Waals surface area (Å²) in [5.74, 6) is 0. The average molecular weight is 402 g/mol. The molecule has 28 heavy (non-hydrogen) atoms. The fourth-order valence-electron chi connectivity index (χ4n) is 3.79. The Kier molecular flexibility index (Phi) is 5.16. The molecule has 1 saturated carbocycles. The summed E-state index contributed by atoms with van der Waals surface area (Å²) < 4.78 is 25.6. The normalized spacial score (nSPS) is 25.8. The van der Waals surface area contributed by atoms with Gasteiger partial charge in [-0.1, -0.05) is 0 Å². The van der Waals surface area contributed by atoms with E-state index in [4.69, 9.17) is 4.99 Å². The molecular weight excluding hydrogens is 374 g/mol. The molecule has 0 amide bonds. The third-order valence-electron chi connectivity index (χ3n) is 5.60. The van der Waals surface area contributed by atoms with Gasteiger partial charge < -0.3 is 5.32 Å². The maximum Gasteiger partial charge on any atom is 0.181 e. The van der Waals surface area contributed by atoms with Crippen molar-refractivity contribution in [3.05, 3.63) is 57.8 Å². The molecule has 2 heterocycles. The summed E-state index contributed by atoms with van der Waals surface area (Å²) in [6.45, 7) is 5.55. The molecule has 4 rings (SSSR count). The Balaban J connectivity index is 1.80. The van der Waals surface area contributed by atoms with Gasteiger partial charge in [0.15, 0.2) is 9.84 Å². The van der Waals surface area contributed by atoms with Crippen LogP contribution in [0.2, 0.25) is 0 Å². The molecule has 2 aliphatic carbocycles. The van der Waals surface area contributed by atoms with Crippen molar-refractivity contribution in [3.63, 3.8) is 0 Å². The third kappa shape index (κ3) is 3.79. The van der Waals surface area contributed by atoms with E-state index in [2.05, 4.69) is 5.32 Å². The van der Waals surface area contributed by atoms with Gasteiger partial charge in [0.1, 0.15) is 0 Å². The molecule has 0 unspecified atom stereocenters. The summed E-state index contributed by atoms with van der Waals surface area (Å²) in [4.78, 5) is 5.32. The van der Waals surface area contributed by atoms with Gasteiger partial charge in [0.05, 0.1) is 21.9 Å². The molecule has 0 atom stereocenters. The number of hydrogen-bond acceptors (Lipinski definition) is 6. The molecule has 2 fully saturated rings. The summed E-state index contributed by atoms with van der Waals surface area (Å²) in [6.07, 6.45) is 12.5. The summed E-state index contributed by atoms with van der Waals surface area (Å²) in [5.41, 5.74) is 3.89. The number of nitrogens with zero attached hydrogens (tertiary/aromatic N) is 2. The quantitative estimate of drug-likeness (QED) is 0.760. The van der Waals surface area contributed by atoms with Crippen molar-refractivity contribution in [1.82, 2.24) is 10.4 Å². The Bertz CT molecular complexity index is 935. The first kappa shape index (κ1) is 19.4. The number of piperidine rings is 1. The molecule has 0 aromatic heterocycles. The first-order valence-electron chi connectivity index (χ1n) is 9.89. The van der Waals surface area contributed by atoms with Crippen LogP contribution in [-0.2, 0) is 9.84 Å². The van der Waals surface area contributed by atoms with Crippen LogP contribution in [0.25, 0.3) is 0 Å². The van der Waals surface area contributed by atoms with Crippen LogP contribution in [0.1, 0.15) is 39.5 Å². The minimum Gasteiger partial charge on any atom is -0.317 e. The smallest absolute Gasteiger partial charge is 0.181 e. The molecule has 0 radical (unpaired) electrons. The van der Waals surface area contributed by atoms with E-state index in [1.807, 2.05) is 32.1 Å². The van der Waals surface area contributed by atoms with Crippen molar-refractivity contribution in [3.8, 4) is 0 Å². The van der Waals surface area contributed by atoms with Gasteiger partial charge in [-0.2, -0.15) is 0 Å². The van der Waals surface area contributed by atoms with E-state index in [9.17, 15) is 13.6 Å². The predicted molar refractivity (Wildman–Crippen MR) is 111 cm³/mol. The summed E-state index contributed by atoms with van der Waals surface area (Å²) in [5, 5.41) is 14.3. The Morgan fingerprint density at radius 1 is 1.04 bits per heavy atom. The largest absolute Gasteiger partial charge is 0.317 e. The molecule has 6 nitrogen and oxygen atoms in total. The minimum atomic E-state index is -3.28. The molecule has 0 bridgehead atoms. The van der Waals surface area contributed by atoms with Gasteiger partial charge in [-0.05, 0) is 88.6 Å². The van der Waals surface area contributed by atoms with Crippen LogP contribution in [0.4, 0.5) is 0 Å². The average Bonchev–Trinajstić information content (AvgIpc) is 3.52. The predicted octanol–water partition coefficient (Wildman–Crippen LogP) is 3.02. The van der Waals surface area contributed by atoms with Crippen LogP contribution in [0.3, 0.4) is 0 Å². The van der Waals surface area contributed by atoms with E-state index >= 15 is 0 Å². The fraction of sp³-hybridized carbons (Fsp3) is 0.476. The molecular formula is C21H27N3O3S. The molecule has 0 aromatic carbocycles. The molecule has 2 N–H and O–H groups in total. The maximum atomic E-state index is 12.8. The standard InChI is InChI=1S/C21H27N3O3S/c1-14-11-16(12-15(2)24(14)25)20-13-19(28(26,27)18-3-4-18)5-6-21(20)23-17-7-9-22-10-8-17/h5-6,11-13,17-18,22,25H,3-4,7-10H2,1-2H3. The second-order valence-electron chi connectivity index (χ2n) is 7.87. The van der Waals surface area contributed by atoms with Crippen LogP contribution in [0.15, 0.2) is 62.8 Å². The van der Waals surface area contributed by atoms with Crippen molar-refractivity contribution in [2.75, 3.05) is 13.1 Å². The summed E-state index contributed by atoms with van der Waals surface area (Å²) in [6, 6.07) is 0.236. The second kappa shape index (κ2) is 7.46. The Hall–Kier alpha value is -1.96. The highest BCUT2D eigenvalue weighted by Crippen LogP contribution is 2.36. The van der Waals surface area contributed by atoms with Gasteiger partial charge in [0, 0.05) is 17.0 Å². The molecule has 0 aromatic rings. The number of sulfone groups is 1. The number of aliphatic imine (C=N–C) groups is 1. The lowest BCUT2D eigenvalue weighted by Crippen LogP contribution is -2.30. The maximum absolute atomic E-state index is 12.8. The highest BCUT2D eigenvalue weighted by molar-refractivity contribution is 7.96. The van der Waals surface area contributed by atoms with Gasteiger partial charge in [-0.25, -0.2) is 13.5 Å². The molecule has 1 saturated heterocycles. The summed E-state index contributed by atoms with van der Waals surface area (Å²) in [7, 11) is -3.28. The minimum absolute atomic E-state index is 0.236. The van der Waals surface area contributed by atoms with Crippen LogP contribution < -0.4 is 5.32 Å². The SMILES string of the molecule is CC1=CC(=C2C=C(S(=O)(=O)C3CC3)C=CC2=NC2CCNCC2)C=C(C)N1O. The van der Waals surface area contributed by atoms with Crippen LogP contribution in [0, 0.1) is 0 Å². The van der Waals surface area contributed by atoms with Crippen LogP contribution >= 0.6 is 0 Å². The molecule has 7 heteroatoms. The van der Waals surface area contributed by atoms with Crippen molar-refractivity contribution in [2.45, 2.75) is 50.8 Å². The molecule has 2 aliphatic heterocycles. The molecule has 0 spiro atoms. The van der Waals surface area contributed by atoms with Gasteiger partial charge in [-0.3, -0.25) is 10.2 Å². The van der Waals surface area contributed by atoms with E-state index in [1.54, 1.807) is 12.2 Å². The highest BCUT2D eigenvalue weighted by atomic mass is 32.2. The molecule has 4 aliphatic rings. The van der Waals surface area contributed by atoms with Gasteiger partial charge in [0.2, 0.25) is 0 Å². The highest BCUT2D eigenvalue weighted by Gasteiger charge is 2.38. The lowest BCUT2D eigenvalue weighted by Gasteiger charge is -2.25. The van der Waals surface area contributed by atoms with Gasteiger partial charge in [0.25, 0.3) is 0 Å². The zero-order valence-corrected chi connectivity index (χ0v) is 17.2. The number of nitrogens with one attached hydrogen (secondary N) is 1. The first-order chi connectivity index (χ1) is 13.4. The zero-order chi connectivity index (χ0) is 19.9. The van der Waals surface area contributed by atoms with Crippen molar-refractivity contribution in [2.24, 2.45) is 4.99 Å². The Morgan fingerprint density at radius 2 is 1.68 bits per heavy atom. The fourth-order valence-corrected chi connectivity index (χ4v) is 5.47. The van der Waals surface area contributed by atoms with E-state index in [0.29, 0.717) is 16.3 Å². The topological polar surface area (TPSA) is 82.0 Å². The zero-order valence-electron chi connectivity index (χ0n) is 16.4. The number of allylic oxidation sites excluding steroid dienone is 9. The number of hydroxylamine groups is 2. The lowest BCUT2D eigenvalue weighted by molar-refractivity contribution is -0.0195. The second-order valence-corrected chi connectivity index (χ2v) is 10.1. The van der Waals surface area contributed by atoms with Crippen molar-refractivity contribution >= 4 is 15.5 Å². The number of rotatable bonds is 3. The van der Waals surface area contributed by atoms with Gasteiger partial charge >= 0.3 is 0 Å². The third-order valence-corrected chi connectivity index (χ3v) is 7.86. The number of hydrogen-bond donors (Lipinski definition) is 2. The molecule has 150 valence electrons. The monoisotopic (exact) mass is 401 g/mol. The first-order valence-corrected chi connectivity index (χ1v) is 11.4. The van der Waals surface area contributed by atoms with Crippen LogP contribution in [0.5, 0.6) is 0 Å². The van der Waals surface area contributed by atoms with E-state index < -0.39 is 9.84 Å². The van der Waals surface area contributed by atoms with Crippen LogP contribution in [-0.4, -0.2) is 48.8 Å². The van der Waals surface area contributed by atoms with E-state index in [1.165, 1.54) is 0 Å². The van der Waals surface area contributed by atoms with E-state index in [0.717, 1.165) is 60.7 Å². The Morgan fingerprint density at radius 3 is 2.29 bits per heavy atom. The van der Waals surface area contributed by atoms with Crippen molar-refractivity contribution in [1.29, 1.82) is 0 Å². The lowest BCUT2D eigenvalue weighted by atomic mass is 9.95. The van der Waals surface area contributed by atoms with Gasteiger partial charge in [-0.15, -0.1) is 0 Å². The summed E-state index contributed by atoms with van der Waals surface area (Å²) >= 11 is 0. The van der Waals surface area contributed by atoms with Crippen molar-refractivity contribution < 1.29 is 13.6 Å².